The van der Waals surface area contributed by atoms with Crippen molar-refractivity contribution in [3.63, 3.8) is 0 Å². The third-order valence-electron chi connectivity index (χ3n) is 7.20. The molecular weight excluding hydrogens is 673 g/mol. The number of hydrogen-bond acceptors (Lipinski definition) is 9. The summed E-state index contributed by atoms with van der Waals surface area (Å²) in [5.41, 5.74) is 4.20. The molecule has 0 spiro atoms. The quantitative estimate of drug-likeness (QED) is 0.114. The van der Waals surface area contributed by atoms with Gasteiger partial charge in [-0.2, -0.15) is 5.10 Å². The molecule has 49 heavy (non-hydrogen) atoms. The lowest BCUT2D eigenvalue weighted by Gasteiger charge is -2.29. The predicted octanol–water partition coefficient (Wildman–Crippen LogP) is 7.86. The van der Waals surface area contributed by atoms with Crippen LogP contribution in [0.4, 0.5) is 10.5 Å². The van der Waals surface area contributed by atoms with Gasteiger partial charge in [-0.05, 0) is 64.1 Å². The zero-order chi connectivity index (χ0) is 35.7. The Balaban J connectivity index is 1.98. The molecule has 4 rings (SSSR count). The van der Waals surface area contributed by atoms with Gasteiger partial charge in [0.2, 0.25) is 0 Å². The number of halogens is 2. The molecule has 0 saturated carbocycles. The van der Waals surface area contributed by atoms with E-state index >= 15 is 0 Å². The van der Waals surface area contributed by atoms with Gasteiger partial charge in [-0.1, -0.05) is 48.0 Å². The number of anilines is 1. The van der Waals surface area contributed by atoms with Gasteiger partial charge in [0, 0.05) is 33.5 Å². The lowest BCUT2D eigenvalue weighted by atomic mass is 9.98. The number of methoxy groups -OCH3 is 2. The molecule has 0 fully saturated rings. The molecule has 1 amide bonds. The third kappa shape index (κ3) is 9.59. The smallest absolute Gasteiger partial charge is 0.428 e. The summed E-state index contributed by atoms with van der Waals surface area (Å²) in [4.78, 5) is 27.9. The Bertz CT molecular complexity index is 1690. The number of rotatable bonds is 12. The normalized spacial score (nSPS) is 16.7. The molecular formula is C36H41Cl2N3O8. The fourth-order valence-electron chi connectivity index (χ4n) is 5.17. The Morgan fingerprint density at radius 1 is 1.04 bits per heavy atom. The molecule has 262 valence electrons. The van der Waals surface area contributed by atoms with Crippen molar-refractivity contribution in [3.05, 3.63) is 94.0 Å². The van der Waals surface area contributed by atoms with Crippen molar-refractivity contribution >= 4 is 46.8 Å². The van der Waals surface area contributed by atoms with Gasteiger partial charge in [-0.3, -0.25) is 4.79 Å². The van der Waals surface area contributed by atoms with Gasteiger partial charge in [0.05, 0.1) is 38.8 Å². The van der Waals surface area contributed by atoms with Crippen LogP contribution < -0.4 is 24.5 Å². The molecule has 0 bridgehead atoms. The van der Waals surface area contributed by atoms with Gasteiger partial charge in [-0.15, -0.1) is 0 Å². The number of carbonyl (C=O) groups excluding carboxylic acids is 2. The number of hydrogen-bond donors (Lipinski definition) is 1. The first-order valence-electron chi connectivity index (χ1n) is 15.6. The van der Waals surface area contributed by atoms with Crippen LogP contribution in [0, 0.1) is 0 Å². The summed E-state index contributed by atoms with van der Waals surface area (Å²) in [6.07, 6.45) is -1.42. The molecule has 11 nitrogen and oxygen atoms in total. The summed E-state index contributed by atoms with van der Waals surface area (Å²) in [6, 6.07) is 16.0. The Labute approximate surface area is 296 Å². The molecule has 0 aromatic heterocycles. The minimum atomic E-state index is -1.08. The van der Waals surface area contributed by atoms with Crippen molar-refractivity contribution in [3.8, 4) is 17.2 Å². The van der Waals surface area contributed by atoms with Crippen molar-refractivity contribution in [1.82, 2.24) is 5.43 Å². The van der Waals surface area contributed by atoms with E-state index in [1.54, 1.807) is 90.5 Å². The van der Waals surface area contributed by atoms with Crippen LogP contribution in [-0.2, 0) is 25.5 Å². The number of esters is 1. The van der Waals surface area contributed by atoms with E-state index < -0.39 is 29.9 Å². The molecule has 13 heteroatoms. The molecule has 1 aliphatic rings. The average molecular weight is 715 g/mol. The SMILES string of the molecule is C=CCOc1cccc([C@H]2O[C@H](CC(=O)OCC)C(=NNC(=O)OC(C)(C)C)N(Cc3ccc(OC)cc3OC)c3ccc(Cl)cc32)c1Cl. The predicted molar refractivity (Wildman–Crippen MR) is 189 cm³/mol. The number of nitrogens with zero attached hydrogens (tertiary/aromatic N) is 2. The van der Waals surface area contributed by atoms with Gasteiger partial charge in [-0.25, -0.2) is 10.2 Å². The number of hydrazone groups is 1. The van der Waals surface area contributed by atoms with Crippen LogP contribution in [0.15, 0.2) is 72.4 Å². The van der Waals surface area contributed by atoms with Crippen molar-refractivity contribution in [2.45, 2.75) is 58.5 Å². The molecule has 0 radical (unpaired) electrons. The summed E-state index contributed by atoms with van der Waals surface area (Å²) in [5, 5.41) is 5.26. The average Bonchev–Trinajstić information content (AvgIpc) is 3.16. The molecule has 3 aromatic rings. The molecule has 0 saturated heterocycles. The highest BCUT2D eigenvalue weighted by Crippen LogP contribution is 2.45. The number of amides is 1. The third-order valence-corrected chi connectivity index (χ3v) is 7.84. The second-order valence-electron chi connectivity index (χ2n) is 11.8. The molecule has 1 N–H and O–H groups in total. The van der Waals surface area contributed by atoms with Crippen LogP contribution in [0.3, 0.4) is 0 Å². The lowest BCUT2D eigenvalue weighted by molar-refractivity contribution is -0.145. The molecule has 0 unspecified atom stereocenters. The molecule has 1 heterocycles. The Morgan fingerprint density at radius 3 is 2.49 bits per heavy atom. The van der Waals surface area contributed by atoms with Crippen LogP contribution in [0.2, 0.25) is 10.0 Å². The standard InChI is InChI=1S/C36H41Cl2N3O8/c1-8-17-47-28-12-10-11-25(32(28)38)33-26-18-23(37)14-16-27(26)41(21-22-13-15-24(44-6)19-29(22)45-7)34(30(48-33)20-31(42)46-9-2)39-40-35(43)49-36(3,4)5/h8,10-16,18-19,30,33H,1,9,17,20-21H2,2-7H3,(H,40,43)/t30-,33-/m1/s1. The molecule has 0 aliphatic carbocycles. The van der Waals surface area contributed by atoms with E-state index in [-0.39, 0.29) is 32.0 Å². The van der Waals surface area contributed by atoms with Gasteiger partial charge in [0.25, 0.3) is 0 Å². The number of fused-ring (bicyclic) bond motifs is 1. The maximum Gasteiger partial charge on any atom is 0.428 e. The number of amidine groups is 1. The first-order valence-corrected chi connectivity index (χ1v) is 16.3. The summed E-state index contributed by atoms with van der Waals surface area (Å²) in [7, 11) is 3.12. The minimum Gasteiger partial charge on any atom is -0.497 e. The fraction of sp³-hybridized carbons (Fsp3) is 0.361. The molecule has 3 aromatic carbocycles. The van der Waals surface area contributed by atoms with Crippen molar-refractivity contribution in [2.75, 3.05) is 32.3 Å². The monoisotopic (exact) mass is 713 g/mol. The largest absolute Gasteiger partial charge is 0.497 e. The zero-order valence-electron chi connectivity index (χ0n) is 28.4. The van der Waals surface area contributed by atoms with Gasteiger partial charge in [0.15, 0.2) is 5.84 Å². The van der Waals surface area contributed by atoms with E-state index in [1.165, 1.54) is 0 Å². The second-order valence-corrected chi connectivity index (χ2v) is 12.6. The van der Waals surface area contributed by atoms with Gasteiger partial charge in [0.1, 0.15) is 41.7 Å². The first-order chi connectivity index (χ1) is 23.4. The van der Waals surface area contributed by atoms with E-state index in [4.69, 9.17) is 51.6 Å². The van der Waals surface area contributed by atoms with Crippen LogP contribution >= 0.6 is 23.2 Å². The summed E-state index contributed by atoms with van der Waals surface area (Å²) < 4.78 is 34.6. The van der Waals surface area contributed by atoms with E-state index in [2.05, 4.69) is 17.1 Å². The molecule has 1 aliphatic heterocycles. The summed E-state index contributed by atoms with van der Waals surface area (Å²) >= 11 is 13.6. The highest BCUT2D eigenvalue weighted by molar-refractivity contribution is 6.33. The highest BCUT2D eigenvalue weighted by Gasteiger charge is 2.38. The van der Waals surface area contributed by atoms with Crippen LogP contribution in [-0.4, -0.2) is 57.0 Å². The fourth-order valence-corrected chi connectivity index (χ4v) is 5.63. The second kappa shape index (κ2) is 16.8. The number of carbonyl (C=O) groups is 2. The highest BCUT2D eigenvalue weighted by atomic mass is 35.5. The van der Waals surface area contributed by atoms with E-state index in [9.17, 15) is 9.59 Å². The number of nitrogens with one attached hydrogen (secondary N) is 1. The van der Waals surface area contributed by atoms with Gasteiger partial charge < -0.3 is 33.3 Å². The first kappa shape index (κ1) is 37.4. The Hall–Kier alpha value is -4.45. The van der Waals surface area contributed by atoms with Crippen molar-refractivity contribution in [1.29, 1.82) is 0 Å². The van der Waals surface area contributed by atoms with E-state index in [1.807, 2.05) is 17.0 Å². The zero-order valence-corrected chi connectivity index (χ0v) is 29.9. The van der Waals surface area contributed by atoms with Gasteiger partial charge >= 0.3 is 12.1 Å². The van der Waals surface area contributed by atoms with E-state index in [0.29, 0.717) is 44.1 Å². The Morgan fingerprint density at radius 2 is 1.82 bits per heavy atom. The summed E-state index contributed by atoms with van der Waals surface area (Å²) in [5.74, 6) is 1.18. The van der Waals surface area contributed by atoms with Crippen molar-refractivity contribution < 1.29 is 38.0 Å². The van der Waals surface area contributed by atoms with Crippen LogP contribution in [0.5, 0.6) is 17.2 Å². The maximum atomic E-state index is 13.1. The Kier molecular flexibility index (Phi) is 12.8. The summed E-state index contributed by atoms with van der Waals surface area (Å²) in [6.45, 7) is 11.2. The topological polar surface area (TPSA) is 117 Å². The van der Waals surface area contributed by atoms with Crippen LogP contribution in [0.25, 0.3) is 0 Å². The maximum absolute atomic E-state index is 13.1. The lowest BCUT2D eigenvalue weighted by Crippen LogP contribution is -2.43. The number of benzene rings is 3. The van der Waals surface area contributed by atoms with E-state index in [0.717, 1.165) is 5.56 Å². The van der Waals surface area contributed by atoms with Crippen molar-refractivity contribution in [2.24, 2.45) is 5.10 Å². The van der Waals surface area contributed by atoms with Crippen LogP contribution in [0.1, 0.15) is 56.9 Å². The molecule has 2 atom stereocenters. The number of ether oxygens (including phenoxy) is 6. The minimum absolute atomic E-state index is 0.148.